The van der Waals surface area contributed by atoms with E-state index < -0.39 is 4.17 Å². The third-order valence-electron chi connectivity index (χ3n) is 3.86. The molecule has 1 atom stereocenters. The number of likely N-dealkylation sites (N-methyl/N-ethyl adjacent to an activating group) is 1. The van der Waals surface area contributed by atoms with Crippen LogP contribution in [0.15, 0.2) is 58.3 Å². The number of anilines is 2. The van der Waals surface area contributed by atoms with Crippen molar-refractivity contribution in [2.24, 2.45) is 0 Å². The summed E-state index contributed by atoms with van der Waals surface area (Å²) in [5.41, 5.74) is 2.65. The Kier molecular flexibility index (Phi) is 10.4. The van der Waals surface area contributed by atoms with E-state index in [0.717, 1.165) is 6.54 Å². The minimum absolute atomic E-state index is 0. The first-order chi connectivity index (χ1) is 11.7. The van der Waals surface area contributed by atoms with E-state index in [1.807, 2.05) is 11.8 Å². The van der Waals surface area contributed by atoms with E-state index in [9.17, 15) is 0 Å². The molecule has 0 saturated heterocycles. The van der Waals surface area contributed by atoms with E-state index in [4.69, 9.17) is 0 Å². The van der Waals surface area contributed by atoms with Crippen molar-refractivity contribution < 1.29 is 7.02 Å². The molecule has 0 aliphatic carbocycles. The predicted octanol–water partition coefficient (Wildman–Crippen LogP) is 8.00. The van der Waals surface area contributed by atoms with Crippen molar-refractivity contribution in [2.75, 3.05) is 25.5 Å². The summed E-state index contributed by atoms with van der Waals surface area (Å²) in [4.78, 5) is 7.41. The number of para-hydroxylation sites is 2. The first-order valence-corrected chi connectivity index (χ1v) is 70.7. The summed E-state index contributed by atoms with van der Waals surface area (Å²) in [6.45, 7) is 3.27. The Balaban J connectivity index is 0.000000864. The van der Waals surface area contributed by atoms with Crippen LogP contribution in [0.1, 0.15) is 9.78 Å². The van der Waals surface area contributed by atoms with Gasteiger partial charge in [0, 0.05) is 22.4 Å². The van der Waals surface area contributed by atoms with E-state index >= 15 is 0 Å². The fourth-order valence-corrected chi connectivity index (χ4v) is 3.50. The molecular formula is C17H22HgI4N2S. The summed E-state index contributed by atoms with van der Waals surface area (Å²) in [5.74, 6) is 0. The molecule has 8 heteroatoms. The van der Waals surface area contributed by atoms with Gasteiger partial charge in [-0.3, -0.25) is 0 Å². The van der Waals surface area contributed by atoms with Crippen LogP contribution >= 0.6 is 82.4 Å². The molecule has 0 amide bonds. The molecule has 0 spiro atoms. The molecule has 25 heavy (non-hydrogen) atoms. The van der Waals surface area contributed by atoms with Crippen molar-refractivity contribution in [3.63, 3.8) is 0 Å². The van der Waals surface area contributed by atoms with Crippen LogP contribution < -0.4 is 4.90 Å². The molecule has 0 radical (unpaired) electrons. The molecule has 0 aromatic heterocycles. The average Bonchev–Trinajstić information content (AvgIpc) is 2.52. The third kappa shape index (κ3) is 7.98. The molecule has 1 aliphatic rings. The number of hydrogen-bond acceptors (Lipinski definition) is 3. The molecule has 2 nitrogen and oxygen atoms in total. The van der Waals surface area contributed by atoms with Gasteiger partial charge in [-0.1, -0.05) is 36.0 Å². The Morgan fingerprint density at radius 2 is 1.36 bits per heavy atom. The number of halogens is 4. The summed E-state index contributed by atoms with van der Waals surface area (Å²) in [6, 6.07) is 17.9. The van der Waals surface area contributed by atoms with Crippen molar-refractivity contribution >= 4 is 93.8 Å². The third-order valence-corrected chi connectivity index (χ3v) is 4.99. The van der Waals surface area contributed by atoms with Gasteiger partial charge in [-0.25, -0.2) is 0 Å². The molecule has 3 rings (SSSR count). The van der Waals surface area contributed by atoms with Gasteiger partial charge in [0.05, 0.1) is 11.4 Å². The van der Waals surface area contributed by atoms with E-state index in [1.54, 1.807) is 0 Å². The Morgan fingerprint density at radius 1 is 0.960 bits per heavy atom. The van der Waals surface area contributed by atoms with E-state index in [2.05, 4.69) is 150 Å². The first kappa shape index (κ1) is 23.7. The van der Waals surface area contributed by atoms with Gasteiger partial charge < -0.3 is 9.80 Å². The van der Waals surface area contributed by atoms with E-state index in [1.165, 1.54) is 21.2 Å². The van der Waals surface area contributed by atoms with Crippen molar-refractivity contribution in [1.82, 2.24) is 4.90 Å². The molecule has 136 valence electrons. The van der Waals surface area contributed by atoms with Gasteiger partial charge in [-0.2, -0.15) is 0 Å². The Hall–Kier alpha value is 2.41. The van der Waals surface area contributed by atoms with Crippen LogP contribution in [0, 0.1) is 0 Å². The summed E-state index contributed by atoms with van der Waals surface area (Å²) >= 11 is 12.2. The molecule has 1 aliphatic heterocycles. The zero-order valence-corrected chi connectivity index (χ0v) is 29.4. The summed E-state index contributed by atoms with van der Waals surface area (Å²) in [6.07, 6.45) is 0. The number of nitrogens with zero attached hydrogens (tertiary/aromatic N) is 2. The normalized spacial score (nSPS) is 14.3. The predicted molar refractivity (Wildman–Crippen MR) is 145 cm³/mol. The average molecular weight is 995 g/mol. The molecule has 0 saturated carbocycles. The van der Waals surface area contributed by atoms with E-state index in [-0.39, 0.29) is 2.85 Å². The quantitative estimate of drug-likeness (QED) is 0.228. The maximum absolute atomic E-state index is 2.57. The second-order valence-corrected chi connectivity index (χ2v) is 246. The van der Waals surface area contributed by atoms with Crippen LogP contribution in [0.25, 0.3) is 0 Å². The summed E-state index contributed by atoms with van der Waals surface area (Å²) in [7, 11) is 4.28. The fraction of sp³-hybridized carbons (Fsp3) is 0.294. The van der Waals surface area contributed by atoms with Gasteiger partial charge in [0.15, 0.2) is 0 Å². The molecule has 0 N–H and O–H groups in total. The van der Waals surface area contributed by atoms with Crippen LogP contribution in [-0.2, 0) is 4.17 Å². The van der Waals surface area contributed by atoms with Crippen molar-refractivity contribution in [1.29, 1.82) is 0 Å². The second-order valence-electron chi connectivity index (χ2n) is 6.07. The van der Waals surface area contributed by atoms with Crippen molar-refractivity contribution in [3.05, 3.63) is 48.5 Å². The van der Waals surface area contributed by atoms with Crippen LogP contribution in [0.3, 0.4) is 0 Å². The topological polar surface area (TPSA) is 6.48 Å². The molecule has 0 bridgehead atoms. The molecule has 1 heterocycles. The molecule has 0 fully saturated rings. The number of hydrogen-bond donors (Lipinski definition) is 0. The van der Waals surface area contributed by atoms with Gasteiger partial charge in [-0.05, 0) is 45.3 Å². The Bertz CT molecular complexity index is 668. The number of rotatable bonds is 3. The SMILES string of the molecule is CC(CN1c2ccccc2Sc2ccccc21)N(C)C.[H+].[H+].[I][Hg-2]([I])([I])[I]. The van der Waals surface area contributed by atoms with Crippen LogP contribution in [0.2, 0.25) is 0 Å². The van der Waals surface area contributed by atoms with Gasteiger partial charge in [0.2, 0.25) is 0 Å². The monoisotopic (exact) mass is 996 g/mol. The van der Waals surface area contributed by atoms with Crippen LogP contribution in [0.4, 0.5) is 11.4 Å². The number of benzene rings is 2. The second kappa shape index (κ2) is 11.0. The van der Waals surface area contributed by atoms with Gasteiger partial charge in [-0.15, -0.1) is 0 Å². The number of fused-ring (bicyclic) bond motifs is 2. The summed E-state index contributed by atoms with van der Waals surface area (Å²) < 4.78 is -1.51. The van der Waals surface area contributed by atoms with Crippen molar-refractivity contribution in [3.8, 4) is 0 Å². The minimum atomic E-state index is -1.51. The van der Waals surface area contributed by atoms with Gasteiger partial charge in [0.1, 0.15) is 0 Å². The van der Waals surface area contributed by atoms with Crippen molar-refractivity contribution in [2.45, 2.75) is 22.8 Å². The van der Waals surface area contributed by atoms with E-state index in [0.29, 0.717) is 6.04 Å². The van der Waals surface area contributed by atoms with Gasteiger partial charge >= 0.3 is 77.7 Å². The Labute approximate surface area is 198 Å². The first-order valence-electron chi connectivity index (χ1n) is 8.03. The molecule has 2 aromatic carbocycles. The molecule has 2 aromatic rings. The molecule has 1 unspecified atom stereocenters. The standard InChI is InChI=1S/C17H20N2S.Hg.4HI/c1-13(18(2)3)12-19-14-8-4-6-10-16(14)20-17-11-7-5-9-15(17)19;;;;;/h4-11,13H,12H2,1-3H3;;4*1H/q;+2;;;;/p-2. The Morgan fingerprint density at radius 3 is 1.76 bits per heavy atom. The molecular weight excluding hydrogens is 972 g/mol. The van der Waals surface area contributed by atoms with Crippen LogP contribution in [-0.4, -0.2) is 31.6 Å². The zero-order valence-electron chi connectivity index (χ0n) is 16.4. The van der Waals surface area contributed by atoms with Crippen LogP contribution in [0.5, 0.6) is 0 Å². The summed E-state index contributed by atoms with van der Waals surface area (Å²) in [5, 5.41) is 0. The maximum atomic E-state index is 2.57. The van der Waals surface area contributed by atoms with Gasteiger partial charge in [0.25, 0.3) is 0 Å². The zero-order chi connectivity index (χ0) is 18.6. The fourth-order valence-electron chi connectivity index (χ4n) is 2.41.